The van der Waals surface area contributed by atoms with E-state index in [-0.39, 0.29) is 11.6 Å². The summed E-state index contributed by atoms with van der Waals surface area (Å²) in [5.41, 5.74) is 1.74. The molecule has 1 aromatic carbocycles. The van der Waals surface area contributed by atoms with Gasteiger partial charge in [0.25, 0.3) is 11.6 Å². The Morgan fingerprint density at radius 1 is 1.21 bits per heavy atom. The van der Waals surface area contributed by atoms with Gasteiger partial charge in [-0.05, 0) is 29.8 Å². The second-order valence-electron chi connectivity index (χ2n) is 5.14. The molecule has 2 heterocycles. The van der Waals surface area contributed by atoms with Crippen molar-refractivity contribution in [3.63, 3.8) is 0 Å². The van der Waals surface area contributed by atoms with Crippen LogP contribution in [0.15, 0.2) is 67.1 Å². The summed E-state index contributed by atoms with van der Waals surface area (Å²) in [4.78, 5) is 26.8. The van der Waals surface area contributed by atoms with E-state index in [0.29, 0.717) is 17.9 Å². The highest BCUT2D eigenvalue weighted by Crippen LogP contribution is 2.18. The van der Waals surface area contributed by atoms with Gasteiger partial charge in [0.2, 0.25) is 0 Å². The first-order valence-corrected chi connectivity index (χ1v) is 7.23. The summed E-state index contributed by atoms with van der Waals surface area (Å²) < 4.78 is 1.80. The lowest BCUT2D eigenvalue weighted by atomic mass is 10.2. The van der Waals surface area contributed by atoms with Crippen molar-refractivity contribution in [1.82, 2.24) is 9.55 Å². The summed E-state index contributed by atoms with van der Waals surface area (Å²) in [5.74, 6) is -0.329. The number of nitrogens with zero attached hydrogens (tertiary/aromatic N) is 3. The maximum absolute atomic E-state index is 12.4. The fourth-order valence-electron chi connectivity index (χ4n) is 2.34. The zero-order valence-corrected chi connectivity index (χ0v) is 12.6. The Morgan fingerprint density at radius 3 is 2.83 bits per heavy atom. The first-order valence-electron chi connectivity index (χ1n) is 7.23. The fraction of sp³-hybridized carbons (Fsp3) is 0.0588. The van der Waals surface area contributed by atoms with E-state index in [1.54, 1.807) is 41.4 Å². The van der Waals surface area contributed by atoms with Crippen LogP contribution in [0.25, 0.3) is 0 Å². The summed E-state index contributed by atoms with van der Waals surface area (Å²) in [6.07, 6.45) is 5.23. The molecule has 1 amide bonds. The van der Waals surface area contributed by atoms with Gasteiger partial charge in [-0.25, -0.2) is 0 Å². The number of anilines is 1. The van der Waals surface area contributed by atoms with Gasteiger partial charge in [0.1, 0.15) is 5.69 Å². The summed E-state index contributed by atoms with van der Waals surface area (Å²) in [5, 5.41) is 13.5. The Labute approximate surface area is 137 Å². The van der Waals surface area contributed by atoms with Gasteiger partial charge in [0, 0.05) is 43.0 Å². The molecule has 0 saturated heterocycles. The van der Waals surface area contributed by atoms with Gasteiger partial charge >= 0.3 is 0 Å². The van der Waals surface area contributed by atoms with E-state index in [0.717, 1.165) is 5.56 Å². The minimum absolute atomic E-state index is 0.0708. The largest absolute Gasteiger partial charge is 0.339 e. The van der Waals surface area contributed by atoms with Crippen LogP contribution in [0.2, 0.25) is 0 Å². The smallest absolute Gasteiger partial charge is 0.272 e. The standard InChI is InChI=1S/C17H14N4O3/c22-17(19-14-5-1-6-15(10-14)21(23)24)16-7-3-9-20(16)12-13-4-2-8-18-11-13/h1-11H,12H2,(H,19,22). The molecule has 24 heavy (non-hydrogen) atoms. The van der Waals surface area contributed by atoms with Gasteiger partial charge in [-0.3, -0.25) is 19.9 Å². The van der Waals surface area contributed by atoms with Gasteiger partial charge in [0.05, 0.1) is 4.92 Å². The number of carbonyl (C=O) groups excluding carboxylic acids is 1. The monoisotopic (exact) mass is 322 g/mol. The van der Waals surface area contributed by atoms with Gasteiger partial charge in [0.15, 0.2) is 0 Å². The Balaban J connectivity index is 1.78. The molecule has 0 unspecified atom stereocenters. The number of aromatic nitrogens is 2. The van der Waals surface area contributed by atoms with E-state index in [1.807, 2.05) is 12.1 Å². The molecule has 0 spiro atoms. The number of non-ortho nitro benzene ring substituents is 1. The Kier molecular flexibility index (Phi) is 4.33. The van der Waals surface area contributed by atoms with E-state index < -0.39 is 4.92 Å². The molecular formula is C17H14N4O3. The molecule has 0 aliphatic heterocycles. The Bertz CT molecular complexity index is 874. The van der Waals surface area contributed by atoms with Gasteiger partial charge in [-0.15, -0.1) is 0 Å². The number of nitro benzene ring substituents is 1. The topological polar surface area (TPSA) is 90.1 Å². The molecule has 0 bridgehead atoms. The van der Waals surface area contributed by atoms with Crippen molar-refractivity contribution < 1.29 is 9.72 Å². The molecular weight excluding hydrogens is 308 g/mol. The minimum atomic E-state index is -0.499. The normalized spacial score (nSPS) is 10.3. The van der Waals surface area contributed by atoms with Crippen molar-refractivity contribution in [2.24, 2.45) is 0 Å². The number of hydrogen-bond acceptors (Lipinski definition) is 4. The molecule has 7 nitrogen and oxygen atoms in total. The molecule has 2 aromatic heterocycles. The second-order valence-corrected chi connectivity index (χ2v) is 5.14. The molecule has 0 radical (unpaired) electrons. The van der Waals surface area contributed by atoms with Crippen molar-refractivity contribution >= 4 is 17.3 Å². The van der Waals surface area contributed by atoms with Crippen LogP contribution in [0, 0.1) is 10.1 Å². The lowest BCUT2D eigenvalue weighted by molar-refractivity contribution is -0.384. The van der Waals surface area contributed by atoms with Crippen LogP contribution in [0.3, 0.4) is 0 Å². The highest BCUT2D eigenvalue weighted by molar-refractivity contribution is 6.03. The van der Waals surface area contributed by atoms with E-state index in [2.05, 4.69) is 10.3 Å². The molecule has 1 N–H and O–H groups in total. The lowest BCUT2D eigenvalue weighted by Crippen LogP contribution is -2.17. The summed E-state index contributed by atoms with van der Waals surface area (Å²) in [6.45, 7) is 0.512. The van der Waals surface area contributed by atoms with E-state index in [1.165, 1.54) is 18.2 Å². The molecule has 0 saturated carbocycles. The predicted molar refractivity (Wildman–Crippen MR) is 88.8 cm³/mol. The first-order chi connectivity index (χ1) is 11.6. The average molecular weight is 322 g/mol. The van der Waals surface area contributed by atoms with Crippen LogP contribution < -0.4 is 5.32 Å². The number of rotatable bonds is 5. The minimum Gasteiger partial charge on any atom is -0.339 e. The molecule has 0 aliphatic carbocycles. The molecule has 0 aliphatic rings. The zero-order chi connectivity index (χ0) is 16.9. The maximum atomic E-state index is 12.4. The SMILES string of the molecule is O=C(Nc1cccc([N+](=O)[O-])c1)c1cccn1Cc1cccnc1. The summed E-state index contributed by atoms with van der Waals surface area (Å²) in [6, 6.07) is 13.1. The number of nitro groups is 1. The highest BCUT2D eigenvalue weighted by atomic mass is 16.6. The summed E-state index contributed by atoms with van der Waals surface area (Å²) in [7, 11) is 0. The first kappa shape index (κ1) is 15.4. The lowest BCUT2D eigenvalue weighted by Gasteiger charge is -2.10. The molecule has 7 heteroatoms. The number of carbonyl (C=O) groups is 1. The third-order valence-corrected chi connectivity index (χ3v) is 3.45. The zero-order valence-electron chi connectivity index (χ0n) is 12.6. The van der Waals surface area contributed by atoms with Crippen molar-refractivity contribution in [2.45, 2.75) is 6.54 Å². The number of hydrogen-bond donors (Lipinski definition) is 1. The number of nitrogens with one attached hydrogen (secondary N) is 1. The Morgan fingerprint density at radius 2 is 2.08 bits per heavy atom. The molecule has 120 valence electrons. The van der Waals surface area contributed by atoms with Crippen molar-refractivity contribution in [3.05, 3.63) is 88.5 Å². The van der Waals surface area contributed by atoms with Gasteiger partial charge in [-0.2, -0.15) is 0 Å². The molecule has 3 rings (SSSR count). The number of pyridine rings is 1. The highest BCUT2D eigenvalue weighted by Gasteiger charge is 2.13. The van der Waals surface area contributed by atoms with Crippen molar-refractivity contribution in [1.29, 1.82) is 0 Å². The van der Waals surface area contributed by atoms with Crippen LogP contribution in [0.5, 0.6) is 0 Å². The summed E-state index contributed by atoms with van der Waals surface area (Å²) >= 11 is 0. The van der Waals surface area contributed by atoms with Crippen LogP contribution in [-0.2, 0) is 6.54 Å². The molecule has 0 atom stereocenters. The van der Waals surface area contributed by atoms with E-state index in [4.69, 9.17) is 0 Å². The fourth-order valence-corrected chi connectivity index (χ4v) is 2.34. The van der Waals surface area contributed by atoms with Crippen molar-refractivity contribution in [2.75, 3.05) is 5.32 Å². The third kappa shape index (κ3) is 3.46. The quantitative estimate of drug-likeness (QED) is 0.577. The van der Waals surface area contributed by atoms with Crippen LogP contribution in [-0.4, -0.2) is 20.4 Å². The van der Waals surface area contributed by atoms with E-state index in [9.17, 15) is 14.9 Å². The Hall–Kier alpha value is -3.48. The average Bonchev–Trinajstić information content (AvgIpc) is 3.04. The predicted octanol–water partition coefficient (Wildman–Crippen LogP) is 3.09. The number of benzene rings is 1. The van der Waals surface area contributed by atoms with Crippen LogP contribution >= 0.6 is 0 Å². The van der Waals surface area contributed by atoms with Gasteiger partial charge < -0.3 is 9.88 Å². The van der Waals surface area contributed by atoms with Gasteiger partial charge in [-0.1, -0.05) is 12.1 Å². The maximum Gasteiger partial charge on any atom is 0.272 e. The number of amides is 1. The van der Waals surface area contributed by atoms with Crippen LogP contribution in [0.4, 0.5) is 11.4 Å². The molecule has 0 fully saturated rings. The van der Waals surface area contributed by atoms with Crippen LogP contribution in [0.1, 0.15) is 16.1 Å². The third-order valence-electron chi connectivity index (χ3n) is 3.45. The van der Waals surface area contributed by atoms with E-state index >= 15 is 0 Å². The van der Waals surface area contributed by atoms with Crippen molar-refractivity contribution in [3.8, 4) is 0 Å². The molecule has 3 aromatic rings. The second kappa shape index (κ2) is 6.74.